The van der Waals surface area contributed by atoms with Gasteiger partial charge in [-0.2, -0.15) is 13.9 Å². The Bertz CT molecular complexity index is 1410. The topological polar surface area (TPSA) is 78.5 Å². The number of halogens is 6. The highest BCUT2D eigenvalue weighted by Crippen LogP contribution is 2.36. The molecule has 0 fully saturated rings. The van der Waals surface area contributed by atoms with Crippen molar-refractivity contribution in [3.8, 4) is 22.3 Å². The van der Waals surface area contributed by atoms with Crippen LogP contribution in [0, 0.1) is 5.82 Å². The van der Waals surface area contributed by atoms with E-state index in [4.69, 9.17) is 16.7 Å². The fourth-order valence-electron chi connectivity index (χ4n) is 4.00. The molecule has 38 heavy (non-hydrogen) atoms. The fraction of sp³-hybridized carbons (Fsp3) is 0.192. The van der Waals surface area contributed by atoms with E-state index in [0.717, 1.165) is 12.1 Å². The number of aromatic nitrogens is 3. The van der Waals surface area contributed by atoms with Gasteiger partial charge in [0.2, 0.25) is 5.69 Å². The number of alkyl halides is 4. The molecule has 2 N–H and O–H groups in total. The van der Waals surface area contributed by atoms with Crippen LogP contribution >= 0.6 is 11.6 Å². The third kappa shape index (κ3) is 6.00. The lowest BCUT2D eigenvalue weighted by Crippen LogP contribution is -2.23. The lowest BCUT2D eigenvalue weighted by molar-refractivity contribution is -0.393. The lowest BCUT2D eigenvalue weighted by Gasteiger charge is -2.15. The quantitative estimate of drug-likeness (QED) is 0.223. The van der Waals surface area contributed by atoms with Crippen LogP contribution in [0.25, 0.3) is 22.3 Å². The second-order valence-electron chi connectivity index (χ2n) is 8.19. The molecule has 2 aromatic heterocycles. The number of nitrogens with zero attached hydrogens (tertiary/aromatic N) is 2. The predicted molar refractivity (Wildman–Crippen MR) is 128 cm³/mol. The third-order valence-corrected chi connectivity index (χ3v) is 6.16. The molecule has 0 bridgehead atoms. The van der Waals surface area contributed by atoms with E-state index in [2.05, 4.69) is 14.8 Å². The summed E-state index contributed by atoms with van der Waals surface area (Å²) in [4.78, 5) is 14.0. The second kappa shape index (κ2) is 11.7. The van der Waals surface area contributed by atoms with Crippen LogP contribution in [0.1, 0.15) is 40.5 Å². The summed E-state index contributed by atoms with van der Waals surface area (Å²) in [6.45, 7) is -3.29. The lowest BCUT2D eigenvalue weighted by atomic mass is 9.99. The molecule has 0 spiro atoms. The van der Waals surface area contributed by atoms with Gasteiger partial charge in [0, 0.05) is 40.9 Å². The van der Waals surface area contributed by atoms with Crippen LogP contribution in [0.15, 0.2) is 67.1 Å². The molecule has 4 rings (SSSR count). The number of hydrogen-bond donors (Lipinski definition) is 1. The first-order valence-corrected chi connectivity index (χ1v) is 11.6. The summed E-state index contributed by atoms with van der Waals surface area (Å²) < 4.78 is 72.9. The van der Waals surface area contributed by atoms with Gasteiger partial charge in [-0.1, -0.05) is 29.8 Å². The summed E-state index contributed by atoms with van der Waals surface area (Å²) in [5, 5.41) is 13.1. The standard InChI is InChI=1S/C26H19ClF5N3O3/c27-19-7-6-18(24(29)30)22(23(19)28)16-5-8-20(33-11-16)21(9-10-38-26(31)32)35-13-17(12-34-35)14-1-3-15(4-2-14)25(36)37/h1-8,11-13,21,24,26H,9-10H2,(H,36,37)/p+1/t21-/m1/s1. The van der Waals surface area contributed by atoms with Gasteiger partial charge in [-0.15, -0.1) is 0 Å². The Hall–Kier alpha value is -3.83. The molecule has 2 aromatic carbocycles. The summed E-state index contributed by atoms with van der Waals surface area (Å²) in [6, 6.07) is 10.5. The van der Waals surface area contributed by atoms with Crippen LogP contribution in [0.2, 0.25) is 5.02 Å². The van der Waals surface area contributed by atoms with Gasteiger partial charge >= 0.3 is 12.6 Å². The van der Waals surface area contributed by atoms with Crippen molar-refractivity contribution in [3.63, 3.8) is 0 Å². The molecule has 198 valence electrons. The number of rotatable bonds is 10. The number of aromatic amines is 1. The maximum Gasteiger partial charge on any atom is 0.345 e. The van der Waals surface area contributed by atoms with Gasteiger partial charge < -0.3 is 9.84 Å². The van der Waals surface area contributed by atoms with E-state index in [9.17, 15) is 26.7 Å². The van der Waals surface area contributed by atoms with Crippen LogP contribution in [-0.2, 0) is 4.74 Å². The van der Waals surface area contributed by atoms with Gasteiger partial charge in [-0.05, 0) is 29.8 Å². The largest absolute Gasteiger partial charge is 0.478 e. The highest BCUT2D eigenvalue weighted by Gasteiger charge is 2.25. The smallest absolute Gasteiger partial charge is 0.345 e. The molecule has 0 aliphatic carbocycles. The summed E-state index contributed by atoms with van der Waals surface area (Å²) in [5.41, 5.74) is 1.14. The van der Waals surface area contributed by atoms with Crippen molar-refractivity contribution >= 4 is 17.6 Å². The Labute approximate surface area is 218 Å². The number of carbonyl (C=O) groups is 1. The predicted octanol–water partition coefficient (Wildman–Crippen LogP) is 6.68. The van der Waals surface area contributed by atoms with Crippen molar-refractivity contribution < 1.29 is 41.6 Å². The number of benzene rings is 2. The molecular formula is C26H20ClF5N3O3+. The molecule has 2 heterocycles. The van der Waals surface area contributed by atoms with Crippen molar-refractivity contribution in [1.29, 1.82) is 0 Å². The summed E-state index contributed by atoms with van der Waals surface area (Å²) in [6.07, 6.45) is 1.62. The Balaban J connectivity index is 1.67. The van der Waals surface area contributed by atoms with Gasteiger partial charge in [0.25, 0.3) is 6.43 Å². The number of hydrogen-bond acceptors (Lipinski definition) is 3. The molecule has 0 aliphatic heterocycles. The molecule has 0 aliphatic rings. The third-order valence-electron chi connectivity index (χ3n) is 5.87. The molecule has 6 nitrogen and oxygen atoms in total. The zero-order valence-corrected chi connectivity index (χ0v) is 20.2. The van der Waals surface area contributed by atoms with E-state index >= 15 is 0 Å². The Morgan fingerprint density at radius 1 is 1.03 bits per heavy atom. The SMILES string of the molecule is O=C(O)c1ccc(-c2cnn([C@H](CCOC(F)F)c3ccc(-c4c(C(F)F)ccc(Cl)c4F)c[nH+]3)c2)cc1. The minimum Gasteiger partial charge on any atom is -0.478 e. The Kier molecular flexibility index (Phi) is 8.38. The maximum absolute atomic E-state index is 14.7. The first-order valence-electron chi connectivity index (χ1n) is 11.2. The minimum atomic E-state index is -2.97. The monoisotopic (exact) mass is 552 g/mol. The Morgan fingerprint density at radius 3 is 2.34 bits per heavy atom. The molecule has 1 atom stereocenters. The number of pyridine rings is 1. The highest BCUT2D eigenvalue weighted by molar-refractivity contribution is 6.31. The summed E-state index contributed by atoms with van der Waals surface area (Å²) >= 11 is 5.82. The van der Waals surface area contributed by atoms with E-state index in [1.54, 1.807) is 18.3 Å². The van der Waals surface area contributed by atoms with Gasteiger partial charge in [-0.3, -0.25) is 4.68 Å². The van der Waals surface area contributed by atoms with Crippen molar-refractivity contribution in [2.75, 3.05) is 6.61 Å². The maximum atomic E-state index is 14.7. The number of nitrogens with one attached hydrogen (secondary N) is 1. The van der Waals surface area contributed by atoms with E-state index in [0.29, 0.717) is 16.8 Å². The van der Waals surface area contributed by atoms with E-state index < -0.39 is 36.4 Å². The van der Waals surface area contributed by atoms with E-state index in [1.807, 2.05) is 0 Å². The van der Waals surface area contributed by atoms with Gasteiger partial charge in [-0.25, -0.2) is 22.9 Å². The molecule has 0 radical (unpaired) electrons. The number of carboxylic acid groups (broad SMARTS) is 1. The van der Waals surface area contributed by atoms with Crippen LogP contribution in [0.5, 0.6) is 0 Å². The summed E-state index contributed by atoms with van der Waals surface area (Å²) in [5.74, 6) is -2.05. The van der Waals surface area contributed by atoms with Gasteiger partial charge in [0.1, 0.15) is 11.9 Å². The zero-order chi connectivity index (χ0) is 27.4. The van der Waals surface area contributed by atoms with Crippen LogP contribution < -0.4 is 4.98 Å². The molecule has 0 saturated heterocycles. The van der Waals surface area contributed by atoms with Crippen molar-refractivity contribution in [2.24, 2.45) is 0 Å². The second-order valence-corrected chi connectivity index (χ2v) is 8.59. The van der Waals surface area contributed by atoms with Crippen molar-refractivity contribution in [1.82, 2.24) is 9.78 Å². The molecule has 12 heteroatoms. The molecule has 4 aromatic rings. The average Bonchev–Trinajstić information content (AvgIpc) is 3.38. The average molecular weight is 553 g/mol. The van der Waals surface area contributed by atoms with Crippen LogP contribution in [0.4, 0.5) is 22.0 Å². The number of ether oxygens (including phenoxy) is 1. The van der Waals surface area contributed by atoms with Gasteiger partial charge in [0.15, 0.2) is 6.20 Å². The van der Waals surface area contributed by atoms with E-state index in [-0.39, 0.29) is 34.7 Å². The minimum absolute atomic E-state index is 0.0626. The number of H-pyrrole nitrogens is 1. The summed E-state index contributed by atoms with van der Waals surface area (Å²) in [7, 11) is 0. The number of aromatic carboxylic acids is 1. The van der Waals surface area contributed by atoms with Crippen molar-refractivity contribution in [3.05, 3.63) is 94.8 Å². The van der Waals surface area contributed by atoms with E-state index in [1.165, 1.54) is 41.3 Å². The molecule has 0 amide bonds. The van der Waals surface area contributed by atoms with Gasteiger partial charge in [0.05, 0.1) is 23.4 Å². The molecule has 0 saturated carbocycles. The number of carboxylic acids is 1. The zero-order valence-electron chi connectivity index (χ0n) is 19.4. The highest BCUT2D eigenvalue weighted by atomic mass is 35.5. The fourth-order valence-corrected chi connectivity index (χ4v) is 4.16. The first-order chi connectivity index (χ1) is 18.2. The first kappa shape index (κ1) is 27.2. The van der Waals surface area contributed by atoms with Crippen LogP contribution in [-0.4, -0.2) is 34.1 Å². The molecule has 0 unspecified atom stereocenters. The Morgan fingerprint density at radius 2 is 1.74 bits per heavy atom. The normalized spacial score (nSPS) is 12.3. The van der Waals surface area contributed by atoms with Crippen LogP contribution in [0.3, 0.4) is 0 Å². The molecular weight excluding hydrogens is 533 g/mol. The van der Waals surface area contributed by atoms with Crippen molar-refractivity contribution in [2.45, 2.75) is 25.5 Å².